The Kier molecular flexibility index (Phi) is 4.90. The molecule has 0 aliphatic carbocycles. The van der Waals surface area contributed by atoms with E-state index in [1.807, 2.05) is 45.0 Å². The van der Waals surface area contributed by atoms with Gasteiger partial charge in [0.1, 0.15) is 5.60 Å². The van der Waals surface area contributed by atoms with Crippen LogP contribution in [0.3, 0.4) is 0 Å². The molecule has 1 fully saturated rings. The molecular formula is C16H23N3O3. The van der Waals surface area contributed by atoms with Gasteiger partial charge in [0.2, 0.25) is 6.41 Å². The first-order valence-electron chi connectivity index (χ1n) is 7.42. The number of carbonyl (C=O) groups excluding carboxylic acids is 2. The summed E-state index contributed by atoms with van der Waals surface area (Å²) in [4.78, 5) is 26.4. The molecule has 1 N–H and O–H groups in total. The molecule has 0 aromatic heterocycles. The predicted molar refractivity (Wildman–Crippen MR) is 86.1 cm³/mol. The summed E-state index contributed by atoms with van der Waals surface area (Å²) in [6.45, 7) is 8.42. The van der Waals surface area contributed by atoms with Crippen LogP contribution in [0.4, 0.5) is 16.2 Å². The van der Waals surface area contributed by atoms with Gasteiger partial charge in [0, 0.05) is 37.6 Å². The van der Waals surface area contributed by atoms with Gasteiger partial charge in [-0.1, -0.05) is 0 Å². The van der Waals surface area contributed by atoms with Crippen LogP contribution in [0, 0.1) is 0 Å². The molecule has 22 heavy (non-hydrogen) atoms. The summed E-state index contributed by atoms with van der Waals surface area (Å²) < 4.78 is 5.39. The SMILES string of the molecule is CC(C)(C)OC(=O)N1CCN(c2ccc(NC=O)cc2)CC1. The summed E-state index contributed by atoms with van der Waals surface area (Å²) in [6, 6.07) is 7.66. The largest absolute Gasteiger partial charge is 0.444 e. The number of nitrogens with one attached hydrogen (secondary N) is 1. The molecule has 0 bridgehead atoms. The van der Waals surface area contributed by atoms with Crippen molar-refractivity contribution in [3.8, 4) is 0 Å². The van der Waals surface area contributed by atoms with E-state index < -0.39 is 5.60 Å². The highest BCUT2D eigenvalue weighted by atomic mass is 16.6. The van der Waals surface area contributed by atoms with Crippen molar-refractivity contribution >= 4 is 23.9 Å². The summed E-state index contributed by atoms with van der Waals surface area (Å²) in [5.41, 5.74) is 1.39. The number of hydrogen-bond donors (Lipinski definition) is 1. The van der Waals surface area contributed by atoms with Crippen LogP contribution < -0.4 is 10.2 Å². The number of amides is 2. The summed E-state index contributed by atoms with van der Waals surface area (Å²) in [5, 5.41) is 2.61. The quantitative estimate of drug-likeness (QED) is 0.871. The van der Waals surface area contributed by atoms with E-state index in [0.717, 1.165) is 24.5 Å². The second-order valence-corrected chi connectivity index (χ2v) is 6.26. The highest BCUT2D eigenvalue weighted by Gasteiger charge is 2.25. The number of benzene rings is 1. The summed E-state index contributed by atoms with van der Waals surface area (Å²) in [6.07, 6.45) is 0.409. The van der Waals surface area contributed by atoms with E-state index in [0.29, 0.717) is 19.5 Å². The zero-order chi connectivity index (χ0) is 16.2. The van der Waals surface area contributed by atoms with Crippen LogP contribution in [0.15, 0.2) is 24.3 Å². The zero-order valence-electron chi connectivity index (χ0n) is 13.3. The Labute approximate surface area is 131 Å². The molecule has 0 radical (unpaired) electrons. The van der Waals surface area contributed by atoms with Crippen molar-refractivity contribution in [1.82, 2.24) is 4.90 Å². The van der Waals surface area contributed by atoms with Crippen molar-refractivity contribution in [1.29, 1.82) is 0 Å². The lowest BCUT2D eigenvalue weighted by Gasteiger charge is -2.36. The van der Waals surface area contributed by atoms with Crippen LogP contribution in [0.1, 0.15) is 20.8 Å². The summed E-state index contributed by atoms with van der Waals surface area (Å²) in [5.74, 6) is 0. The third-order valence-corrected chi connectivity index (χ3v) is 3.39. The lowest BCUT2D eigenvalue weighted by Crippen LogP contribution is -2.50. The van der Waals surface area contributed by atoms with Crippen molar-refractivity contribution in [2.45, 2.75) is 26.4 Å². The van der Waals surface area contributed by atoms with E-state index in [4.69, 9.17) is 4.74 Å². The van der Waals surface area contributed by atoms with E-state index in [9.17, 15) is 9.59 Å². The fourth-order valence-corrected chi connectivity index (χ4v) is 2.31. The van der Waals surface area contributed by atoms with Gasteiger partial charge in [0.15, 0.2) is 0 Å². The maximum absolute atomic E-state index is 12.0. The Bertz CT molecular complexity index is 514. The van der Waals surface area contributed by atoms with Crippen molar-refractivity contribution in [2.75, 3.05) is 36.4 Å². The molecule has 6 nitrogen and oxygen atoms in total. The number of nitrogens with zero attached hydrogens (tertiary/aromatic N) is 2. The minimum Gasteiger partial charge on any atom is -0.444 e. The van der Waals surface area contributed by atoms with Gasteiger partial charge in [-0.15, -0.1) is 0 Å². The zero-order valence-corrected chi connectivity index (χ0v) is 13.3. The maximum Gasteiger partial charge on any atom is 0.410 e. The normalized spacial score (nSPS) is 15.4. The third-order valence-electron chi connectivity index (χ3n) is 3.39. The van der Waals surface area contributed by atoms with E-state index in [1.54, 1.807) is 4.90 Å². The number of ether oxygens (including phenoxy) is 1. The highest BCUT2D eigenvalue weighted by molar-refractivity contribution is 5.72. The average Bonchev–Trinajstić information content (AvgIpc) is 2.47. The molecule has 1 aromatic rings. The second-order valence-electron chi connectivity index (χ2n) is 6.26. The molecule has 0 spiro atoms. The molecule has 6 heteroatoms. The van der Waals surface area contributed by atoms with Gasteiger partial charge in [0.05, 0.1) is 0 Å². The molecule has 0 saturated carbocycles. The lowest BCUT2D eigenvalue weighted by molar-refractivity contribution is -0.105. The molecule has 1 aliphatic heterocycles. The first kappa shape index (κ1) is 16.1. The molecule has 1 aliphatic rings. The molecule has 120 valence electrons. The number of anilines is 2. The first-order valence-corrected chi connectivity index (χ1v) is 7.42. The molecule has 1 heterocycles. The van der Waals surface area contributed by atoms with Gasteiger partial charge < -0.3 is 19.9 Å². The first-order chi connectivity index (χ1) is 10.4. The molecule has 0 atom stereocenters. The van der Waals surface area contributed by atoms with Gasteiger partial charge in [-0.05, 0) is 45.0 Å². The standard InChI is InChI=1S/C16H23N3O3/c1-16(2,3)22-15(21)19-10-8-18(9-11-19)14-6-4-13(5-7-14)17-12-20/h4-7,12H,8-11H2,1-3H3,(H,17,20). The molecule has 2 amide bonds. The van der Waals surface area contributed by atoms with Crippen molar-refractivity contribution < 1.29 is 14.3 Å². The minimum atomic E-state index is -0.463. The average molecular weight is 305 g/mol. The second kappa shape index (κ2) is 6.68. The number of carbonyl (C=O) groups is 2. The molecular weight excluding hydrogens is 282 g/mol. The Morgan fingerprint density at radius 1 is 1.14 bits per heavy atom. The Balaban J connectivity index is 1.89. The van der Waals surface area contributed by atoms with Gasteiger partial charge in [0.25, 0.3) is 0 Å². The fraction of sp³-hybridized carbons (Fsp3) is 0.500. The van der Waals surface area contributed by atoms with E-state index in [2.05, 4.69) is 10.2 Å². The molecule has 1 aromatic carbocycles. The van der Waals surface area contributed by atoms with E-state index in [-0.39, 0.29) is 6.09 Å². The van der Waals surface area contributed by atoms with Crippen molar-refractivity contribution in [3.05, 3.63) is 24.3 Å². The smallest absolute Gasteiger partial charge is 0.410 e. The van der Waals surface area contributed by atoms with E-state index in [1.165, 1.54) is 0 Å². The van der Waals surface area contributed by atoms with Gasteiger partial charge in [-0.25, -0.2) is 4.79 Å². The summed E-state index contributed by atoms with van der Waals surface area (Å²) >= 11 is 0. The van der Waals surface area contributed by atoms with Crippen molar-refractivity contribution in [3.63, 3.8) is 0 Å². The minimum absolute atomic E-state index is 0.252. The van der Waals surface area contributed by atoms with Gasteiger partial charge in [-0.3, -0.25) is 4.79 Å². The topological polar surface area (TPSA) is 61.9 Å². The van der Waals surface area contributed by atoms with Crippen LogP contribution in [0.5, 0.6) is 0 Å². The third kappa shape index (κ3) is 4.38. The van der Waals surface area contributed by atoms with E-state index >= 15 is 0 Å². The highest BCUT2D eigenvalue weighted by Crippen LogP contribution is 2.20. The Morgan fingerprint density at radius 2 is 1.73 bits per heavy atom. The Morgan fingerprint density at radius 3 is 2.23 bits per heavy atom. The maximum atomic E-state index is 12.0. The predicted octanol–water partition coefficient (Wildman–Crippen LogP) is 2.31. The summed E-state index contributed by atoms with van der Waals surface area (Å²) in [7, 11) is 0. The molecule has 0 unspecified atom stereocenters. The number of rotatable bonds is 3. The van der Waals surface area contributed by atoms with Gasteiger partial charge in [-0.2, -0.15) is 0 Å². The van der Waals surface area contributed by atoms with Crippen LogP contribution in [0.25, 0.3) is 0 Å². The monoisotopic (exact) mass is 305 g/mol. The molecule has 2 rings (SSSR count). The van der Waals surface area contributed by atoms with Crippen LogP contribution >= 0.6 is 0 Å². The number of hydrogen-bond acceptors (Lipinski definition) is 4. The fourth-order valence-electron chi connectivity index (χ4n) is 2.31. The molecule has 1 saturated heterocycles. The van der Waals surface area contributed by atoms with Crippen LogP contribution in [-0.4, -0.2) is 49.2 Å². The lowest BCUT2D eigenvalue weighted by atomic mass is 10.2. The van der Waals surface area contributed by atoms with Crippen molar-refractivity contribution in [2.24, 2.45) is 0 Å². The van der Waals surface area contributed by atoms with Gasteiger partial charge >= 0.3 is 6.09 Å². The van der Waals surface area contributed by atoms with Crippen LogP contribution in [0.2, 0.25) is 0 Å². The Hall–Kier alpha value is -2.24. The van der Waals surface area contributed by atoms with Crippen LogP contribution in [-0.2, 0) is 9.53 Å². The number of piperazine rings is 1.